The van der Waals surface area contributed by atoms with Crippen LogP contribution in [0.4, 0.5) is 0 Å². The van der Waals surface area contributed by atoms with Gasteiger partial charge < -0.3 is 18.1 Å². The summed E-state index contributed by atoms with van der Waals surface area (Å²) in [5.41, 5.74) is 0. The summed E-state index contributed by atoms with van der Waals surface area (Å²) in [6.45, 7) is 10.9. The van der Waals surface area contributed by atoms with E-state index >= 15 is 0 Å². The molecule has 0 atom stereocenters. The first kappa shape index (κ1) is 22.5. The standard InChI is InChI=1S/C5H9O.C3H7.CH4.V/c1-4(2)5(3)6;1-3-2;;/h4H,3H2,1-2H3;3H,1-2H3;1H4;/q2*-1;;+2. The summed E-state index contributed by atoms with van der Waals surface area (Å²) in [6.07, 6.45) is 2.00. The summed E-state index contributed by atoms with van der Waals surface area (Å²) < 4.78 is 0. The van der Waals surface area contributed by atoms with Crippen LogP contribution in [0.5, 0.6) is 0 Å². The van der Waals surface area contributed by atoms with E-state index in [9.17, 15) is 4.79 Å². The van der Waals surface area contributed by atoms with Gasteiger partial charge >= 0.3 is 18.6 Å². The maximum Gasteiger partial charge on any atom is 2.00 e. The quantitative estimate of drug-likeness (QED) is 0.588. The second kappa shape index (κ2) is 16.6. The van der Waals surface area contributed by atoms with Crippen LogP contribution in [-0.2, 0) is 23.4 Å². The molecule has 1 nitrogen and oxygen atoms in total. The Balaban J connectivity index is -0.0000000437. The molecule has 0 aromatic heterocycles. The Labute approximate surface area is 83.8 Å². The molecule has 0 saturated carbocycles. The minimum Gasteiger partial charge on any atom is -0.339 e. The van der Waals surface area contributed by atoms with Crippen LogP contribution in [0.1, 0.15) is 35.1 Å². The molecule has 0 fully saturated rings. The molecule has 0 bridgehead atoms. The normalized spacial score (nSPS) is 6.64. The van der Waals surface area contributed by atoms with Gasteiger partial charge in [0.2, 0.25) is 0 Å². The number of carbonyl (C=O) groups excluding carboxylic acids is 1. The van der Waals surface area contributed by atoms with Gasteiger partial charge in [-0.1, -0.05) is 21.3 Å². The average molecular weight is 195 g/mol. The van der Waals surface area contributed by atoms with E-state index in [-0.39, 0.29) is 37.7 Å². The largest absolute Gasteiger partial charge is 2.00 e. The van der Waals surface area contributed by atoms with Gasteiger partial charge in [0.25, 0.3) is 0 Å². The molecule has 0 aromatic carbocycles. The van der Waals surface area contributed by atoms with Crippen molar-refractivity contribution in [3.63, 3.8) is 0 Å². The maximum atomic E-state index is 10.0. The molecule has 2 heteroatoms. The van der Waals surface area contributed by atoms with E-state index in [1.54, 1.807) is 0 Å². The molecule has 67 valence electrons. The molecule has 0 saturated heterocycles. The molecule has 0 spiro atoms. The van der Waals surface area contributed by atoms with E-state index < -0.39 is 0 Å². The monoisotopic (exact) mass is 195 g/mol. The summed E-state index contributed by atoms with van der Waals surface area (Å²) in [7, 11) is 0. The van der Waals surface area contributed by atoms with E-state index in [2.05, 4.69) is 6.92 Å². The summed E-state index contributed by atoms with van der Waals surface area (Å²) >= 11 is 0. The number of carbonyl (C=O) groups is 1. The molecule has 0 rings (SSSR count). The van der Waals surface area contributed by atoms with E-state index in [1.807, 2.05) is 34.1 Å². The Hall–Kier alpha value is 0.124. The number of rotatable bonds is 1. The first-order chi connectivity index (χ1) is 4.06. The number of hydrogen-bond acceptors (Lipinski definition) is 1. The molecule has 0 unspecified atom stereocenters. The first-order valence-corrected chi connectivity index (χ1v) is 3.16. The van der Waals surface area contributed by atoms with Gasteiger partial charge in [-0.25, -0.2) is 0 Å². The van der Waals surface area contributed by atoms with Crippen LogP contribution >= 0.6 is 0 Å². The van der Waals surface area contributed by atoms with Crippen LogP contribution in [0.25, 0.3) is 0 Å². The van der Waals surface area contributed by atoms with Crippen LogP contribution < -0.4 is 0 Å². The maximum absolute atomic E-state index is 10.0. The van der Waals surface area contributed by atoms with Crippen molar-refractivity contribution in [2.45, 2.75) is 35.1 Å². The molecule has 0 aliphatic heterocycles. The Morgan fingerprint density at radius 1 is 1.36 bits per heavy atom. The van der Waals surface area contributed by atoms with Gasteiger partial charge in [0.05, 0.1) is 0 Å². The van der Waals surface area contributed by atoms with Crippen LogP contribution in [0.15, 0.2) is 0 Å². The topological polar surface area (TPSA) is 17.1 Å². The molecule has 0 heterocycles. The van der Waals surface area contributed by atoms with Crippen molar-refractivity contribution in [2.24, 2.45) is 5.92 Å². The molecule has 11 heavy (non-hydrogen) atoms. The summed E-state index contributed by atoms with van der Waals surface area (Å²) in [6, 6.07) is 0. The fraction of sp³-hybridized carbons (Fsp3) is 0.667. The van der Waals surface area contributed by atoms with E-state index in [0.29, 0.717) is 0 Å². The predicted molar refractivity (Wildman–Crippen MR) is 47.6 cm³/mol. The van der Waals surface area contributed by atoms with Gasteiger partial charge in [-0.05, 0) is 11.7 Å². The Kier molecular flexibility index (Phi) is 33.9. The SMILES string of the molecule is C.C[CH-]C.[CH2-]C(=O)C(C)C.[V+2]. The second-order valence-corrected chi connectivity index (χ2v) is 2.20. The zero-order valence-electron chi connectivity index (χ0n) is 7.22. The molecular formula is C9H20OV. The fourth-order valence-corrected chi connectivity index (χ4v) is 0. The van der Waals surface area contributed by atoms with Gasteiger partial charge in [0.1, 0.15) is 0 Å². The van der Waals surface area contributed by atoms with Crippen molar-refractivity contribution in [2.75, 3.05) is 0 Å². The van der Waals surface area contributed by atoms with Crippen LogP contribution in [-0.4, -0.2) is 5.78 Å². The van der Waals surface area contributed by atoms with Crippen molar-refractivity contribution in [3.05, 3.63) is 13.3 Å². The Bertz CT molecular complexity index is 70.0. The van der Waals surface area contributed by atoms with Gasteiger partial charge in [-0.3, -0.25) is 0 Å². The van der Waals surface area contributed by atoms with Crippen molar-refractivity contribution in [1.82, 2.24) is 0 Å². The first-order valence-electron chi connectivity index (χ1n) is 3.16. The van der Waals surface area contributed by atoms with Crippen molar-refractivity contribution in [3.8, 4) is 0 Å². The average Bonchev–Trinajstić information content (AvgIpc) is 1.68. The summed E-state index contributed by atoms with van der Waals surface area (Å²) in [4.78, 5) is 10.0. The third-order valence-electron chi connectivity index (χ3n) is 0.644. The molecule has 0 aliphatic carbocycles. The molecule has 0 N–H and O–H groups in total. The number of ketones is 1. The van der Waals surface area contributed by atoms with E-state index in [0.717, 1.165) is 0 Å². The van der Waals surface area contributed by atoms with E-state index in [1.165, 1.54) is 0 Å². The fourth-order valence-electron chi connectivity index (χ4n) is 0. The van der Waals surface area contributed by atoms with Crippen LogP contribution in [0.3, 0.4) is 0 Å². The molecular weight excluding hydrogens is 175 g/mol. The smallest absolute Gasteiger partial charge is 0.339 e. The summed E-state index contributed by atoms with van der Waals surface area (Å²) in [5.74, 6) is 0.111. The van der Waals surface area contributed by atoms with Gasteiger partial charge in [0.15, 0.2) is 0 Å². The van der Waals surface area contributed by atoms with Crippen LogP contribution in [0.2, 0.25) is 0 Å². The Morgan fingerprint density at radius 2 is 1.45 bits per heavy atom. The van der Waals surface area contributed by atoms with Gasteiger partial charge in [-0.2, -0.15) is 13.8 Å². The van der Waals surface area contributed by atoms with Crippen LogP contribution in [0, 0.1) is 19.3 Å². The Morgan fingerprint density at radius 3 is 1.45 bits per heavy atom. The zero-order valence-corrected chi connectivity index (χ0v) is 8.61. The second-order valence-electron chi connectivity index (χ2n) is 2.20. The van der Waals surface area contributed by atoms with Crippen molar-refractivity contribution in [1.29, 1.82) is 0 Å². The van der Waals surface area contributed by atoms with E-state index in [4.69, 9.17) is 0 Å². The predicted octanol–water partition coefficient (Wildman–Crippen LogP) is 2.91. The summed E-state index contributed by atoms with van der Waals surface area (Å²) in [5, 5.41) is 0. The molecule has 0 aliphatic rings. The van der Waals surface area contributed by atoms with Gasteiger partial charge in [0, 0.05) is 0 Å². The minimum absolute atomic E-state index is 0. The van der Waals surface area contributed by atoms with Crippen molar-refractivity contribution >= 4 is 5.78 Å². The third-order valence-corrected chi connectivity index (χ3v) is 0.644. The number of hydrogen-bond donors (Lipinski definition) is 0. The number of Topliss-reactive ketones (excluding diaryl/α,β-unsaturated/α-hetero) is 1. The third kappa shape index (κ3) is 39.3. The van der Waals surface area contributed by atoms with Gasteiger partial charge in [-0.15, -0.1) is 0 Å². The zero-order chi connectivity index (χ0) is 7.86. The van der Waals surface area contributed by atoms with Crippen molar-refractivity contribution < 1.29 is 23.4 Å². The minimum atomic E-state index is 0. The molecule has 1 radical (unpaired) electrons. The molecule has 0 amide bonds. The molecule has 0 aromatic rings.